The van der Waals surface area contributed by atoms with Gasteiger partial charge in [0.15, 0.2) is 0 Å². The Hall–Kier alpha value is 0.734. The molecule has 1 aliphatic rings. The molecule has 4 heteroatoms. The van der Waals surface area contributed by atoms with Gasteiger partial charge in [0.05, 0.1) is 0 Å². The van der Waals surface area contributed by atoms with E-state index in [2.05, 4.69) is 19.6 Å². The summed E-state index contributed by atoms with van der Waals surface area (Å²) in [6, 6.07) is 0. The zero-order valence-electron chi connectivity index (χ0n) is 7.68. The SMILES string of the molecule is C[Si](C)(C)C1(O)CCCCO1.[LiH]. The fraction of sp³-hybridized carbons (Fsp3) is 1.00. The molecule has 0 bridgehead atoms. The summed E-state index contributed by atoms with van der Waals surface area (Å²) in [5.74, 6) is 0. The topological polar surface area (TPSA) is 29.5 Å². The summed E-state index contributed by atoms with van der Waals surface area (Å²) in [5, 5.41) is 10.0. The second-order valence-electron chi connectivity index (χ2n) is 4.34. The summed E-state index contributed by atoms with van der Waals surface area (Å²) < 4.78 is 5.45. The van der Waals surface area contributed by atoms with Crippen LogP contribution in [0.4, 0.5) is 0 Å². The molecule has 1 heterocycles. The minimum absolute atomic E-state index is 0. The van der Waals surface area contributed by atoms with Gasteiger partial charge in [-0.15, -0.1) is 0 Å². The molecule has 1 N–H and O–H groups in total. The van der Waals surface area contributed by atoms with Gasteiger partial charge in [-0.25, -0.2) is 0 Å². The van der Waals surface area contributed by atoms with Crippen molar-refractivity contribution in [1.82, 2.24) is 0 Å². The molecule has 1 unspecified atom stereocenters. The average Bonchev–Trinajstić information content (AvgIpc) is 1.87. The van der Waals surface area contributed by atoms with E-state index in [1.807, 2.05) is 0 Å². The van der Waals surface area contributed by atoms with E-state index in [9.17, 15) is 5.11 Å². The molecule has 1 saturated heterocycles. The molecule has 68 valence electrons. The second kappa shape index (κ2) is 4.30. The Morgan fingerprint density at radius 1 is 1.25 bits per heavy atom. The Morgan fingerprint density at radius 2 is 1.83 bits per heavy atom. The molecule has 2 nitrogen and oxygen atoms in total. The average molecular weight is 182 g/mol. The number of aliphatic hydroxyl groups is 1. The predicted molar refractivity (Wildman–Crippen MR) is 55.2 cm³/mol. The molecular formula is C8H19LiO2Si. The van der Waals surface area contributed by atoms with Gasteiger partial charge in [0.1, 0.15) is 13.5 Å². The van der Waals surface area contributed by atoms with Gasteiger partial charge in [0.25, 0.3) is 0 Å². The van der Waals surface area contributed by atoms with Crippen LogP contribution >= 0.6 is 0 Å². The van der Waals surface area contributed by atoms with Crippen LogP contribution in [0.1, 0.15) is 19.3 Å². The molecule has 0 aliphatic carbocycles. The molecule has 1 fully saturated rings. The van der Waals surface area contributed by atoms with Gasteiger partial charge in [-0.1, -0.05) is 19.6 Å². The molecule has 0 aromatic heterocycles. The molecule has 0 radical (unpaired) electrons. The summed E-state index contributed by atoms with van der Waals surface area (Å²) in [4.78, 5) is 0. The zero-order chi connectivity index (χ0) is 8.54. The van der Waals surface area contributed by atoms with E-state index in [0.29, 0.717) is 0 Å². The van der Waals surface area contributed by atoms with Crippen LogP contribution in [0.15, 0.2) is 0 Å². The Labute approximate surface area is 87.9 Å². The second-order valence-corrected chi connectivity index (χ2v) is 9.62. The first-order chi connectivity index (χ1) is 4.96. The number of rotatable bonds is 1. The summed E-state index contributed by atoms with van der Waals surface area (Å²) in [6.07, 6.45) is 3.05. The first-order valence-electron chi connectivity index (χ1n) is 4.32. The van der Waals surface area contributed by atoms with Crippen molar-refractivity contribution < 1.29 is 9.84 Å². The molecule has 1 rings (SSSR count). The van der Waals surface area contributed by atoms with E-state index in [0.717, 1.165) is 25.9 Å². The zero-order valence-corrected chi connectivity index (χ0v) is 8.68. The predicted octanol–water partition coefficient (Wildman–Crippen LogP) is 1.10. The van der Waals surface area contributed by atoms with Crippen LogP contribution in [0.2, 0.25) is 19.6 Å². The molecule has 0 amide bonds. The van der Waals surface area contributed by atoms with Crippen LogP contribution < -0.4 is 0 Å². The van der Waals surface area contributed by atoms with Crippen molar-refractivity contribution in [3.8, 4) is 0 Å². The van der Waals surface area contributed by atoms with E-state index in [-0.39, 0.29) is 18.9 Å². The van der Waals surface area contributed by atoms with Gasteiger partial charge in [0.2, 0.25) is 0 Å². The molecule has 12 heavy (non-hydrogen) atoms. The summed E-state index contributed by atoms with van der Waals surface area (Å²) >= 11 is 0. The Balaban J connectivity index is 0.00000121. The van der Waals surface area contributed by atoms with Gasteiger partial charge < -0.3 is 9.84 Å². The van der Waals surface area contributed by atoms with Crippen molar-refractivity contribution in [2.24, 2.45) is 0 Å². The standard InChI is InChI=1S/C8H18O2Si.Li.H/c1-11(2,3)8(9)6-4-5-7-10-8;;/h9H,4-7H2,1-3H3;;. The van der Waals surface area contributed by atoms with E-state index in [1.54, 1.807) is 0 Å². The maximum atomic E-state index is 10.0. The van der Waals surface area contributed by atoms with Crippen LogP contribution in [0.25, 0.3) is 0 Å². The molecule has 1 atom stereocenters. The molecule has 1 aliphatic heterocycles. The minimum atomic E-state index is -1.55. The quantitative estimate of drug-likeness (QED) is 0.615. The molecular weight excluding hydrogens is 163 g/mol. The Morgan fingerprint density at radius 3 is 2.08 bits per heavy atom. The molecule has 0 aromatic rings. The van der Waals surface area contributed by atoms with Crippen LogP contribution in [0.3, 0.4) is 0 Å². The molecule has 0 saturated carbocycles. The fourth-order valence-electron chi connectivity index (χ4n) is 1.37. The van der Waals surface area contributed by atoms with Crippen LogP contribution in [-0.2, 0) is 4.74 Å². The van der Waals surface area contributed by atoms with Gasteiger partial charge in [-0.2, -0.15) is 0 Å². The maximum absolute atomic E-state index is 10.0. The normalized spacial score (nSPS) is 31.0. The summed E-state index contributed by atoms with van der Waals surface area (Å²) in [6.45, 7) is 7.19. The molecule has 0 spiro atoms. The van der Waals surface area contributed by atoms with Crippen molar-refractivity contribution >= 4 is 26.9 Å². The van der Waals surface area contributed by atoms with Gasteiger partial charge in [-0.3, -0.25) is 0 Å². The van der Waals surface area contributed by atoms with E-state index in [1.165, 1.54) is 0 Å². The summed E-state index contributed by atoms with van der Waals surface area (Å²) in [5.41, 5.74) is -0.745. The number of ether oxygens (including phenoxy) is 1. The van der Waals surface area contributed by atoms with Gasteiger partial charge >= 0.3 is 18.9 Å². The van der Waals surface area contributed by atoms with Gasteiger partial charge in [0, 0.05) is 6.61 Å². The monoisotopic (exact) mass is 182 g/mol. The third kappa shape index (κ3) is 2.61. The third-order valence-corrected chi connectivity index (χ3v) is 5.16. The third-order valence-electron chi connectivity index (χ3n) is 2.42. The van der Waals surface area contributed by atoms with E-state index < -0.39 is 13.5 Å². The van der Waals surface area contributed by atoms with Crippen molar-refractivity contribution in [2.75, 3.05) is 6.61 Å². The Bertz CT molecular complexity index is 138. The first kappa shape index (κ1) is 12.7. The summed E-state index contributed by atoms with van der Waals surface area (Å²) in [7, 11) is -1.55. The van der Waals surface area contributed by atoms with Crippen LogP contribution in [-0.4, -0.2) is 44.1 Å². The van der Waals surface area contributed by atoms with Crippen molar-refractivity contribution in [3.63, 3.8) is 0 Å². The fourth-order valence-corrected chi connectivity index (χ4v) is 2.83. The van der Waals surface area contributed by atoms with Crippen molar-refractivity contribution in [3.05, 3.63) is 0 Å². The van der Waals surface area contributed by atoms with Crippen molar-refractivity contribution in [1.29, 1.82) is 0 Å². The number of hydrogen-bond donors (Lipinski definition) is 1. The van der Waals surface area contributed by atoms with Crippen LogP contribution in [0, 0.1) is 0 Å². The Kier molecular flexibility index (Phi) is 4.56. The van der Waals surface area contributed by atoms with Crippen LogP contribution in [0.5, 0.6) is 0 Å². The first-order valence-corrected chi connectivity index (χ1v) is 7.82. The van der Waals surface area contributed by atoms with Crippen molar-refractivity contribution in [2.45, 2.75) is 44.3 Å². The van der Waals surface area contributed by atoms with Gasteiger partial charge in [-0.05, 0) is 19.3 Å². The number of hydrogen-bond acceptors (Lipinski definition) is 2. The van der Waals surface area contributed by atoms with E-state index in [4.69, 9.17) is 4.74 Å². The van der Waals surface area contributed by atoms with E-state index >= 15 is 0 Å². The molecule has 0 aromatic carbocycles.